The number of benzene rings is 2. The van der Waals surface area contributed by atoms with E-state index in [1.165, 1.54) is 0 Å². The number of rotatable bonds is 1. The molecular formula is C14H12ClNOS. The van der Waals surface area contributed by atoms with Gasteiger partial charge in [0, 0.05) is 12.9 Å². The number of hydrogen-bond donors (Lipinski definition) is 0. The van der Waals surface area contributed by atoms with Crippen molar-refractivity contribution in [1.29, 1.82) is 0 Å². The number of halogens is 1. The smallest absolute Gasteiger partial charge is 0.0892 e. The van der Waals surface area contributed by atoms with Gasteiger partial charge in [-0.1, -0.05) is 18.2 Å². The zero-order valence-corrected chi connectivity index (χ0v) is 11.5. The van der Waals surface area contributed by atoms with Gasteiger partial charge >= 0.3 is 0 Å². The van der Waals surface area contributed by atoms with Crippen molar-refractivity contribution in [3.8, 4) is 0 Å². The Morgan fingerprint density at radius 1 is 1.11 bits per heavy atom. The van der Waals surface area contributed by atoms with Crippen LogP contribution in [0, 0.1) is 0 Å². The third-order valence-electron chi connectivity index (χ3n) is 3.17. The first-order valence-corrected chi connectivity index (χ1v) is 7.34. The van der Waals surface area contributed by atoms with Gasteiger partial charge in [-0.3, -0.25) is 0 Å². The third kappa shape index (κ3) is 1.66. The minimum absolute atomic E-state index is 0.440. The van der Waals surface area contributed by atoms with Crippen molar-refractivity contribution in [2.45, 2.75) is 15.7 Å². The second-order valence-electron chi connectivity index (χ2n) is 4.23. The van der Waals surface area contributed by atoms with E-state index in [1.807, 2.05) is 49.5 Å². The van der Waals surface area contributed by atoms with Gasteiger partial charge in [0.2, 0.25) is 0 Å². The van der Waals surface area contributed by atoms with Gasteiger partial charge in [0.05, 0.1) is 32.0 Å². The monoisotopic (exact) mass is 277 g/mol. The summed E-state index contributed by atoms with van der Waals surface area (Å²) in [6.07, 6.45) is 0. The first-order valence-electron chi connectivity index (χ1n) is 5.66. The molecule has 4 heteroatoms. The van der Waals surface area contributed by atoms with E-state index < -0.39 is 10.8 Å². The average molecular weight is 278 g/mol. The van der Waals surface area contributed by atoms with Crippen molar-refractivity contribution in [1.82, 2.24) is 0 Å². The van der Waals surface area contributed by atoms with E-state index in [9.17, 15) is 4.21 Å². The number of para-hydroxylation sites is 1. The fraction of sp³-hybridized carbons (Fsp3) is 0.143. The zero-order valence-electron chi connectivity index (χ0n) is 9.89. The van der Waals surface area contributed by atoms with Crippen molar-refractivity contribution in [2.24, 2.45) is 0 Å². The molecule has 1 aliphatic heterocycles. The maximum absolute atomic E-state index is 12.6. The van der Waals surface area contributed by atoms with Crippen LogP contribution in [-0.2, 0) is 16.7 Å². The van der Waals surface area contributed by atoms with Gasteiger partial charge in [0.15, 0.2) is 0 Å². The molecule has 0 aromatic heterocycles. The van der Waals surface area contributed by atoms with Gasteiger partial charge < -0.3 is 4.90 Å². The molecule has 2 aromatic carbocycles. The Morgan fingerprint density at radius 2 is 1.83 bits per heavy atom. The van der Waals surface area contributed by atoms with Crippen LogP contribution >= 0.6 is 11.6 Å². The van der Waals surface area contributed by atoms with Crippen LogP contribution in [-0.4, -0.2) is 11.3 Å². The predicted octanol–water partition coefficient (Wildman–Crippen LogP) is 3.67. The van der Waals surface area contributed by atoms with E-state index in [-0.39, 0.29) is 0 Å². The summed E-state index contributed by atoms with van der Waals surface area (Å²) in [5, 5.41) is 0. The van der Waals surface area contributed by atoms with Crippen LogP contribution < -0.4 is 4.90 Å². The largest absolute Gasteiger partial charge is 0.343 e. The Balaban J connectivity index is 2.23. The number of nitrogens with zero attached hydrogens (tertiary/aromatic N) is 1. The molecule has 1 aliphatic rings. The molecule has 1 unspecified atom stereocenters. The van der Waals surface area contributed by atoms with Crippen LogP contribution in [0.3, 0.4) is 0 Å². The molecular weight excluding hydrogens is 266 g/mol. The number of alkyl halides is 1. The first kappa shape index (κ1) is 11.8. The number of fused-ring (bicyclic) bond motifs is 2. The van der Waals surface area contributed by atoms with Crippen molar-refractivity contribution in [3.05, 3.63) is 48.0 Å². The van der Waals surface area contributed by atoms with E-state index in [1.54, 1.807) is 0 Å². The predicted molar refractivity (Wildman–Crippen MR) is 75.2 cm³/mol. The summed E-state index contributed by atoms with van der Waals surface area (Å²) in [5.41, 5.74) is 2.99. The van der Waals surface area contributed by atoms with Gasteiger partial charge in [-0.05, 0) is 29.8 Å². The molecule has 0 saturated heterocycles. The molecule has 0 saturated carbocycles. The van der Waals surface area contributed by atoms with E-state index in [0.29, 0.717) is 5.88 Å². The second-order valence-corrected chi connectivity index (χ2v) is 5.92. The summed E-state index contributed by atoms with van der Waals surface area (Å²) in [6, 6.07) is 13.7. The maximum atomic E-state index is 12.6. The molecule has 0 N–H and O–H groups in total. The third-order valence-corrected chi connectivity index (χ3v) is 4.95. The highest BCUT2D eigenvalue weighted by molar-refractivity contribution is 7.85. The summed E-state index contributed by atoms with van der Waals surface area (Å²) < 4.78 is 12.6. The van der Waals surface area contributed by atoms with Crippen LogP contribution in [0.5, 0.6) is 0 Å². The van der Waals surface area contributed by atoms with Gasteiger partial charge in [-0.2, -0.15) is 0 Å². The highest BCUT2D eigenvalue weighted by Gasteiger charge is 2.25. The summed E-state index contributed by atoms with van der Waals surface area (Å²) in [5.74, 6) is 0.440. The lowest BCUT2D eigenvalue weighted by Gasteiger charge is -2.29. The lowest BCUT2D eigenvalue weighted by atomic mass is 10.2. The van der Waals surface area contributed by atoms with Crippen molar-refractivity contribution in [2.75, 3.05) is 11.9 Å². The molecule has 92 valence electrons. The molecule has 0 amide bonds. The quantitative estimate of drug-likeness (QED) is 0.741. The standard InChI is InChI=1S/C14H12ClNOS/c1-16-11-4-2-3-5-13(11)18(17)14-8-10(9-15)6-7-12(14)16/h2-8H,9H2,1H3. The molecule has 0 radical (unpaired) electrons. The van der Waals surface area contributed by atoms with Crippen LogP contribution in [0.15, 0.2) is 52.3 Å². The molecule has 1 heterocycles. The highest BCUT2D eigenvalue weighted by Crippen LogP contribution is 2.41. The Hall–Kier alpha value is -1.32. The summed E-state index contributed by atoms with van der Waals surface area (Å²) >= 11 is 5.84. The molecule has 2 nitrogen and oxygen atoms in total. The Bertz CT molecular complexity index is 641. The van der Waals surface area contributed by atoms with Crippen molar-refractivity contribution >= 4 is 33.8 Å². The van der Waals surface area contributed by atoms with Crippen LogP contribution in [0.2, 0.25) is 0 Å². The Labute approximate surface area is 114 Å². The molecule has 0 aliphatic carbocycles. The van der Waals surface area contributed by atoms with Crippen LogP contribution in [0.4, 0.5) is 11.4 Å². The summed E-state index contributed by atoms with van der Waals surface area (Å²) in [7, 11) is 0.871. The van der Waals surface area contributed by atoms with Gasteiger partial charge in [0.1, 0.15) is 0 Å². The molecule has 0 bridgehead atoms. The Morgan fingerprint density at radius 3 is 2.61 bits per heavy atom. The fourth-order valence-corrected chi connectivity index (χ4v) is 3.86. The topological polar surface area (TPSA) is 20.3 Å². The van der Waals surface area contributed by atoms with E-state index in [4.69, 9.17) is 11.6 Å². The zero-order chi connectivity index (χ0) is 12.7. The van der Waals surface area contributed by atoms with E-state index in [2.05, 4.69) is 4.90 Å². The van der Waals surface area contributed by atoms with Crippen LogP contribution in [0.25, 0.3) is 0 Å². The van der Waals surface area contributed by atoms with Gasteiger partial charge in [-0.15, -0.1) is 11.6 Å². The van der Waals surface area contributed by atoms with E-state index in [0.717, 1.165) is 26.7 Å². The molecule has 0 fully saturated rings. The summed E-state index contributed by atoms with van der Waals surface area (Å²) in [4.78, 5) is 3.78. The number of anilines is 2. The minimum atomic E-state index is -1.12. The van der Waals surface area contributed by atoms with Gasteiger partial charge in [-0.25, -0.2) is 4.21 Å². The summed E-state index contributed by atoms with van der Waals surface area (Å²) in [6.45, 7) is 0. The van der Waals surface area contributed by atoms with Crippen molar-refractivity contribution in [3.63, 3.8) is 0 Å². The Kier molecular flexibility index (Phi) is 2.88. The lowest BCUT2D eigenvalue weighted by Crippen LogP contribution is -2.19. The molecule has 2 aromatic rings. The van der Waals surface area contributed by atoms with E-state index >= 15 is 0 Å². The number of hydrogen-bond acceptors (Lipinski definition) is 2. The lowest BCUT2D eigenvalue weighted by molar-refractivity contribution is 0.681. The first-order chi connectivity index (χ1) is 8.72. The normalized spacial score (nSPS) is 17.2. The van der Waals surface area contributed by atoms with Gasteiger partial charge in [0.25, 0.3) is 0 Å². The molecule has 18 heavy (non-hydrogen) atoms. The second kappa shape index (κ2) is 4.41. The molecule has 0 spiro atoms. The average Bonchev–Trinajstić information content (AvgIpc) is 2.44. The minimum Gasteiger partial charge on any atom is -0.343 e. The fourth-order valence-electron chi connectivity index (χ4n) is 2.21. The molecule has 3 rings (SSSR count). The maximum Gasteiger partial charge on any atom is 0.0892 e. The molecule has 1 atom stereocenters. The SMILES string of the molecule is CN1c2ccccc2S(=O)c2cc(CCl)ccc21. The van der Waals surface area contributed by atoms with Crippen LogP contribution in [0.1, 0.15) is 5.56 Å². The van der Waals surface area contributed by atoms with Crippen molar-refractivity contribution < 1.29 is 4.21 Å². The highest BCUT2D eigenvalue weighted by atomic mass is 35.5.